The highest BCUT2D eigenvalue weighted by Crippen LogP contribution is 2.51. The molecular weight excluding hydrogens is 657 g/mol. The fourth-order valence-electron chi connectivity index (χ4n) is 7.04. The number of benzene rings is 1. The van der Waals surface area contributed by atoms with Crippen LogP contribution in [0.25, 0.3) is 0 Å². The molecule has 5 atom stereocenters. The van der Waals surface area contributed by atoms with Crippen molar-refractivity contribution in [3.8, 4) is 0 Å². The average Bonchev–Trinajstić information content (AvgIpc) is 4.07. The highest BCUT2D eigenvalue weighted by molar-refractivity contribution is 6.01. The van der Waals surface area contributed by atoms with Crippen molar-refractivity contribution in [3.63, 3.8) is 0 Å². The highest BCUT2D eigenvalue weighted by Gasteiger charge is 2.48. The van der Waals surface area contributed by atoms with Crippen LogP contribution in [0.15, 0.2) is 30.5 Å². The first-order valence-corrected chi connectivity index (χ1v) is 18.3. The number of aryl methyl sites for hydroxylation is 1. The van der Waals surface area contributed by atoms with Crippen LogP contribution in [0.4, 0.5) is 10.1 Å². The van der Waals surface area contributed by atoms with E-state index in [1.165, 1.54) is 19.2 Å². The van der Waals surface area contributed by atoms with Crippen molar-refractivity contribution in [2.75, 3.05) is 52.3 Å². The lowest BCUT2D eigenvalue weighted by Crippen LogP contribution is -2.58. The van der Waals surface area contributed by atoms with Crippen molar-refractivity contribution >= 4 is 29.3 Å². The SMILES string of the molecule is CCn1nccc1C(=O)N[C@H](C(=O)Nc1ccc([C@H](C)[C@@H](NC(=O)C(C)OCCOC)C(=O)N2CCN(C)[C@H](C)C2)cc1F)C(C1CC1)C1CC1. The van der Waals surface area contributed by atoms with Gasteiger partial charge in [-0.2, -0.15) is 5.10 Å². The van der Waals surface area contributed by atoms with Gasteiger partial charge in [0.25, 0.3) is 5.91 Å². The molecule has 2 saturated carbocycles. The molecule has 1 aromatic carbocycles. The largest absolute Gasteiger partial charge is 0.382 e. The molecule has 1 aliphatic heterocycles. The van der Waals surface area contributed by atoms with Gasteiger partial charge in [-0.25, -0.2) is 4.39 Å². The first-order chi connectivity index (χ1) is 24.4. The summed E-state index contributed by atoms with van der Waals surface area (Å²) in [5, 5.41) is 12.8. The molecule has 4 amide bonds. The lowest BCUT2D eigenvalue weighted by Gasteiger charge is -2.40. The molecule has 2 aliphatic carbocycles. The van der Waals surface area contributed by atoms with Crippen molar-refractivity contribution in [1.29, 1.82) is 0 Å². The number of aromatic nitrogens is 2. The van der Waals surface area contributed by atoms with Gasteiger partial charge in [0.2, 0.25) is 17.7 Å². The van der Waals surface area contributed by atoms with Crippen molar-refractivity contribution < 1.29 is 33.0 Å². The number of nitrogens with one attached hydrogen (secondary N) is 3. The zero-order valence-electron chi connectivity index (χ0n) is 30.7. The number of carbonyl (C=O) groups is 4. The number of amides is 4. The van der Waals surface area contributed by atoms with Gasteiger partial charge in [-0.1, -0.05) is 13.0 Å². The van der Waals surface area contributed by atoms with E-state index in [-0.39, 0.29) is 30.2 Å². The molecule has 3 fully saturated rings. The first-order valence-electron chi connectivity index (χ1n) is 18.3. The van der Waals surface area contributed by atoms with E-state index in [2.05, 4.69) is 25.9 Å². The van der Waals surface area contributed by atoms with E-state index in [1.807, 2.05) is 20.9 Å². The Morgan fingerprint density at radius 3 is 2.29 bits per heavy atom. The molecule has 0 radical (unpaired) electrons. The van der Waals surface area contributed by atoms with Gasteiger partial charge in [-0.3, -0.25) is 23.9 Å². The Bertz CT molecular complexity index is 1530. The van der Waals surface area contributed by atoms with Crippen molar-refractivity contribution in [2.45, 2.75) is 90.1 Å². The molecule has 13 nitrogen and oxygen atoms in total. The summed E-state index contributed by atoms with van der Waals surface area (Å²) >= 11 is 0. The average molecular weight is 712 g/mol. The number of carbonyl (C=O) groups excluding carboxylic acids is 4. The number of hydrogen-bond donors (Lipinski definition) is 3. The van der Waals surface area contributed by atoms with E-state index in [0.29, 0.717) is 55.9 Å². The molecular formula is C37H54FN7O6. The zero-order valence-corrected chi connectivity index (χ0v) is 30.7. The number of likely N-dealkylation sites (N-methyl/N-ethyl adjacent to an activating group) is 1. The van der Waals surface area contributed by atoms with Crippen LogP contribution in [0.2, 0.25) is 0 Å². The van der Waals surface area contributed by atoms with E-state index >= 15 is 4.39 Å². The molecule has 1 unspecified atom stereocenters. The standard InChI is InChI=1S/C37H54FN7O6/c1-7-45-30(14-15-39-45)35(47)42-33(31(25-8-9-25)26-10-11-26)36(48)40-29-13-12-27(20-28(29)38)23(3)32(41-34(46)24(4)51-19-18-50-6)37(49)44-17-16-43(5)22(2)21-44/h12-15,20,22-26,31-33H,7-11,16-19,21H2,1-6H3,(H,40,48)(H,41,46)(H,42,47)/t22-,23+,24?,32-,33+/m1/s1. The van der Waals surface area contributed by atoms with Gasteiger partial charge in [0.05, 0.1) is 18.9 Å². The fraction of sp³-hybridized carbons (Fsp3) is 0.649. The molecule has 51 heavy (non-hydrogen) atoms. The molecule has 5 rings (SSSR count). The second-order valence-electron chi connectivity index (χ2n) is 14.4. The number of piperazine rings is 1. The van der Waals surface area contributed by atoms with E-state index < -0.39 is 47.6 Å². The Morgan fingerprint density at radius 1 is 0.980 bits per heavy atom. The summed E-state index contributed by atoms with van der Waals surface area (Å²) < 4.78 is 28.1. The van der Waals surface area contributed by atoms with E-state index in [4.69, 9.17) is 9.47 Å². The van der Waals surface area contributed by atoms with Crippen molar-refractivity contribution in [3.05, 3.63) is 47.5 Å². The summed E-state index contributed by atoms with van der Waals surface area (Å²) in [7, 11) is 3.55. The summed E-state index contributed by atoms with van der Waals surface area (Å²) in [6.07, 6.45) is 4.70. The third kappa shape index (κ3) is 9.52. The molecule has 14 heteroatoms. The third-order valence-corrected chi connectivity index (χ3v) is 10.7. The monoisotopic (exact) mass is 711 g/mol. The number of rotatable bonds is 17. The van der Waals surface area contributed by atoms with Gasteiger partial charge < -0.3 is 35.2 Å². The number of anilines is 1. The van der Waals surface area contributed by atoms with Crippen LogP contribution in [0, 0.1) is 23.6 Å². The fourth-order valence-corrected chi connectivity index (χ4v) is 7.04. The molecule has 1 aromatic heterocycles. The Balaban J connectivity index is 1.34. The molecule has 0 spiro atoms. The van der Waals surface area contributed by atoms with Crippen LogP contribution >= 0.6 is 0 Å². The van der Waals surface area contributed by atoms with E-state index in [0.717, 1.165) is 25.7 Å². The van der Waals surface area contributed by atoms with Gasteiger partial charge in [-0.15, -0.1) is 0 Å². The lowest BCUT2D eigenvalue weighted by molar-refractivity contribution is -0.142. The summed E-state index contributed by atoms with van der Waals surface area (Å²) in [4.78, 5) is 58.4. The second kappa shape index (κ2) is 17.1. The number of methoxy groups -OCH3 is 1. The summed E-state index contributed by atoms with van der Waals surface area (Å²) in [6, 6.07) is 4.36. The third-order valence-electron chi connectivity index (χ3n) is 10.7. The maximum absolute atomic E-state index is 15.9. The second-order valence-corrected chi connectivity index (χ2v) is 14.4. The van der Waals surface area contributed by atoms with E-state index in [1.54, 1.807) is 41.8 Å². The maximum atomic E-state index is 15.9. The molecule has 280 valence electrons. The van der Waals surface area contributed by atoms with Crippen LogP contribution < -0.4 is 16.0 Å². The summed E-state index contributed by atoms with van der Waals surface area (Å²) in [5.41, 5.74) is 0.813. The van der Waals surface area contributed by atoms with Gasteiger partial charge in [-0.05, 0) is 95.0 Å². The molecule has 0 bridgehead atoms. The van der Waals surface area contributed by atoms with Crippen molar-refractivity contribution in [1.82, 2.24) is 30.2 Å². The Kier molecular flexibility index (Phi) is 12.9. The van der Waals surface area contributed by atoms with E-state index in [9.17, 15) is 19.2 Å². The van der Waals surface area contributed by atoms with Gasteiger partial charge in [0, 0.05) is 51.4 Å². The number of ether oxygens (including phenoxy) is 2. The normalized spacial score (nSPS) is 20.4. The minimum atomic E-state index is -0.990. The number of halogens is 1. The maximum Gasteiger partial charge on any atom is 0.270 e. The predicted molar refractivity (Wildman–Crippen MR) is 189 cm³/mol. The van der Waals surface area contributed by atoms with Crippen LogP contribution in [-0.4, -0.2) is 114 Å². The molecule has 3 N–H and O–H groups in total. The van der Waals surface area contributed by atoms with Crippen LogP contribution in [0.1, 0.15) is 75.3 Å². The van der Waals surface area contributed by atoms with Gasteiger partial charge in [0.1, 0.15) is 29.7 Å². The van der Waals surface area contributed by atoms with Crippen LogP contribution in [-0.2, 0) is 30.4 Å². The molecule has 2 heterocycles. The molecule has 1 saturated heterocycles. The molecule has 2 aromatic rings. The number of hydrogen-bond acceptors (Lipinski definition) is 8. The minimum absolute atomic E-state index is 0.0286. The van der Waals surface area contributed by atoms with Crippen LogP contribution in [0.3, 0.4) is 0 Å². The Hall–Kier alpha value is -3.88. The van der Waals surface area contributed by atoms with Crippen LogP contribution in [0.5, 0.6) is 0 Å². The zero-order chi connectivity index (χ0) is 36.8. The quantitative estimate of drug-likeness (QED) is 0.213. The summed E-state index contributed by atoms with van der Waals surface area (Å²) in [6.45, 7) is 10.0. The number of nitrogens with zero attached hydrogens (tertiary/aromatic N) is 4. The highest BCUT2D eigenvalue weighted by atomic mass is 19.1. The first kappa shape index (κ1) is 38.4. The van der Waals surface area contributed by atoms with Gasteiger partial charge >= 0.3 is 0 Å². The minimum Gasteiger partial charge on any atom is -0.382 e. The Labute approximate surface area is 300 Å². The smallest absolute Gasteiger partial charge is 0.270 e. The predicted octanol–water partition coefficient (Wildman–Crippen LogP) is 3.02. The van der Waals surface area contributed by atoms with Crippen molar-refractivity contribution in [2.24, 2.45) is 17.8 Å². The topological polar surface area (TPSA) is 147 Å². The lowest BCUT2D eigenvalue weighted by atomic mass is 9.88. The van der Waals surface area contributed by atoms with Gasteiger partial charge in [0.15, 0.2) is 0 Å². The molecule has 3 aliphatic rings. The Morgan fingerprint density at radius 2 is 1.69 bits per heavy atom. The summed E-state index contributed by atoms with van der Waals surface area (Å²) in [5.74, 6) is -2.26.